The molecule has 31 heavy (non-hydrogen) atoms. The van der Waals surface area contributed by atoms with Crippen LogP contribution in [0.5, 0.6) is 17.2 Å². The van der Waals surface area contributed by atoms with E-state index in [0.717, 1.165) is 21.3 Å². The lowest BCUT2D eigenvalue weighted by molar-refractivity contribution is 0.367. The predicted octanol–water partition coefficient (Wildman–Crippen LogP) is 4.71. The number of benzene rings is 2. The Balaban J connectivity index is 1.52. The van der Waals surface area contributed by atoms with Gasteiger partial charge in [-0.05, 0) is 24.4 Å². The molecule has 9 heteroatoms. The second-order valence-corrected chi connectivity index (χ2v) is 7.92. The quantitative estimate of drug-likeness (QED) is 0.304. The molecule has 0 spiro atoms. The minimum Gasteiger partial charge on any atom is -0.504 e. The number of nitrogens with zero attached hydrogens (tertiary/aromatic N) is 4. The summed E-state index contributed by atoms with van der Waals surface area (Å²) in [5.74, 6) is 0.368. The number of aromatic nitrogens is 4. The standard InChI is InChI=1S/C22H17N5O3S/c1-12-3-2-4-13(7-12)20-25-21(15-5-6-31-22(15)26-20)24-18-10-27(11-23-18)14-8-16(28)19(30)17(29)9-14/h2-11,28-30H,1H3,(H,24,25,26). The maximum absolute atomic E-state index is 9.76. The van der Waals surface area contributed by atoms with Crippen LogP contribution in [0, 0.1) is 6.92 Å². The SMILES string of the molecule is Cc1cccc(-c2nc(Nc3cn(-c4cc(O)c(O)c(O)c4)cn3)c3ccsc3n2)c1. The van der Waals surface area contributed by atoms with E-state index in [1.807, 2.05) is 42.6 Å². The van der Waals surface area contributed by atoms with Gasteiger partial charge in [0, 0.05) is 17.7 Å². The van der Waals surface area contributed by atoms with Gasteiger partial charge in [-0.2, -0.15) is 0 Å². The van der Waals surface area contributed by atoms with E-state index in [2.05, 4.69) is 10.3 Å². The third kappa shape index (κ3) is 3.51. The molecule has 0 saturated carbocycles. The van der Waals surface area contributed by atoms with E-state index in [1.54, 1.807) is 10.8 Å². The smallest absolute Gasteiger partial charge is 0.200 e. The Morgan fingerprint density at radius 2 is 1.81 bits per heavy atom. The lowest BCUT2D eigenvalue weighted by atomic mass is 10.1. The van der Waals surface area contributed by atoms with E-state index < -0.39 is 17.2 Å². The van der Waals surface area contributed by atoms with Gasteiger partial charge in [0.25, 0.3) is 0 Å². The molecule has 154 valence electrons. The van der Waals surface area contributed by atoms with Gasteiger partial charge in [0.05, 0.1) is 17.3 Å². The van der Waals surface area contributed by atoms with Crippen molar-refractivity contribution in [2.45, 2.75) is 6.92 Å². The Labute approximate surface area is 180 Å². The number of anilines is 2. The molecule has 0 amide bonds. The summed E-state index contributed by atoms with van der Waals surface area (Å²) < 4.78 is 1.61. The first-order valence-electron chi connectivity index (χ1n) is 9.36. The van der Waals surface area contributed by atoms with E-state index in [1.165, 1.54) is 29.8 Å². The third-order valence-corrected chi connectivity index (χ3v) is 5.59. The highest BCUT2D eigenvalue weighted by Crippen LogP contribution is 2.37. The van der Waals surface area contributed by atoms with Gasteiger partial charge in [-0.15, -0.1) is 11.3 Å². The molecule has 0 aliphatic rings. The molecule has 3 aromatic heterocycles. The van der Waals surface area contributed by atoms with E-state index in [4.69, 9.17) is 9.97 Å². The second kappa shape index (κ2) is 7.29. The molecule has 3 heterocycles. The number of hydrogen-bond acceptors (Lipinski definition) is 8. The van der Waals surface area contributed by atoms with Crippen LogP contribution in [0.3, 0.4) is 0 Å². The zero-order chi connectivity index (χ0) is 21.5. The maximum Gasteiger partial charge on any atom is 0.200 e. The maximum atomic E-state index is 9.76. The molecule has 0 unspecified atom stereocenters. The summed E-state index contributed by atoms with van der Waals surface area (Å²) in [5, 5.41) is 35.2. The van der Waals surface area contributed by atoms with Crippen molar-refractivity contribution in [2.24, 2.45) is 0 Å². The van der Waals surface area contributed by atoms with Crippen molar-refractivity contribution in [1.82, 2.24) is 19.5 Å². The summed E-state index contributed by atoms with van der Waals surface area (Å²) in [6.07, 6.45) is 3.22. The lowest BCUT2D eigenvalue weighted by Crippen LogP contribution is -1.98. The minimum absolute atomic E-state index is 0.420. The Morgan fingerprint density at radius 1 is 1.00 bits per heavy atom. The van der Waals surface area contributed by atoms with Crippen molar-refractivity contribution >= 4 is 33.2 Å². The summed E-state index contributed by atoms with van der Waals surface area (Å²) in [5.41, 5.74) is 2.50. The van der Waals surface area contributed by atoms with E-state index in [0.29, 0.717) is 23.1 Å². The fourth-order valence-electron chi connectivity index (χ4n) is 3.25. The number of imidazole rings is 1. The highest BCUT2D eigenvalue weighted by Gasteiger charge is 2.14. The van der Waals surface area contributed by atoms with Crippen molar-refractivity contribution in [2.75, 3.05) is 5.32 Å². The molecule has 0 bridgehead atoms. The second-order valence-electron chi connectivity index (χ2n) is 7.03. The normalized spacial score (nSPS) is 11.1. The number of aryl methyl sites for hydroxylation is 1. The molecule has 8 nitrogen and oxygen atoms in total. The van der Waals surface area contributed by atoms with Crippen LogP contribution in [0.2, 0.25) is 0 Å². The van der Waals surface area contributed by atoms with Gasteiger partial charge in [-0.25, -0.2) is 15.0 Å². The molecular weight excluding hydrogens is 414 g/mol. The van der Waals surface area contributed by atoms with Crippen molar-refractivity contribution in [3.05, 3.63) is 65.9 Å². The van der Waals surface area contributed by atoms with Crippen molar-refractivity contribution < 1.29 is 15.3 Å². The molecule has 0 radical (unpaired) electrons. The summed E-state index contributed by atoms with van der Waals surface area (Å²) >= 11 is 1.54. The third-order valence-electron chi connectivity index (χ3n) is 4.78. The van der Waals surface area contributed by atoms with Gasteiger partial charge in [-0.1, -0.05) is 23.8 Å². The lowest BCUT2D eigenvalue weighted by Gasteiger charge is -2.08. The molecule has 5 aromatic rings. The number of fused-ring (bicyclic) bond motifs is 1. The van der Waals surface area contributed by atoms with Crippen LogP contribution in [0.1, 0.15) is 5.56 Å². The molecule has 0 aliphatic carbocycles. The van der Waals surface area contributed by atoms with Crippen LogP contribution in [0.25, 0.3) is 27.3 Å². The molecule has 0 aliphatic heterocycles. The fraction of sp³-hybridized carbons (Fsp3) is 0.0455. The van der Waals surface area contributed by atoms with E-state index in [-0.39, 0.29) is 0 Å². The first kappa shape index (κ1) is 18.9. The van der Waals surface area contributed by atoms with Crippen LogP contribution in [0.4, 0.5) is 11.6 Å². The highest BCUT2D eigenvalue weighted by atomic mass is 32.1. The average Bonchev–Trinajstić information content (AvgIpc) is 3.41. The van der Waals surface area contributed by atoms with E-state index in [9.17, 15) is 15.3 Å². The molecule has 0 atom stereocenters. The number of rotatable bonds is 4. The topological polar surface area (TPSA) is 116 Å². The first-order chi connectivity index (χ1) is 15.0. The Hall–Kier alpha value is -4.11. The number of phenols is 3. The van der Waals surface area contributed by atoms with Gasteiger partial charge >= 0.3 is 0 Å². The number of hydrogen-bond donors (Lipinski definition) is 4. The minimum atomic E-state index is -0.563. The Kier molecular flexibility index (Phi) is 4.45. The summed E-state index contributed by atoms with van der Waals surface area (Å²) in [6.45, 7) is 2.03. The zero-order valence-electron chi connectivity index (χ0n) is 16.3. The van der Waals surface area contributed by atoms with Gasteiger partial charge in [0.1, 0.15) is 22.8 Å². The number of nitrogens with one attached hydrogen (secondary N) is 1. The Morgan fingerprint density at radius 3 is 2.58 bits per heavy atom. The largest absolute Gasteiger partial charge is 0.504 e. The van der Waals surface area contributed by atoms with Crippen molar-refractivity contribution in [3.8, 4) is 34.3 Å². The molecule has 0 saturated heterocycles. The van der Waals surface area contributed by atoms with Crippen LogP contribution in [0.15, 0.2) is 60.4 Å². The van der Waals surface area contributed by atoms with Crippen LogP contribution in [-0.2, 0) is 0 Å². The monoisotopic (exact) mass is 431 g/mol. The summed E-state index contributed by atoms with van der Waals surface area (Å²) in [7, 11) is 0. The Bertz CT molecular complexity index is 1400. The number of phenolic OH excluding ortho intramolecular Hbond substituents is 3. The van der Waals surface area contributed by atoms with Crippen molar-refractivity contribution in [3.63, 3.8) is 0 Å². The van der Waals surface area contributed by atoms with E-state index >= 15 is 0 Å². The predicted molar refractivity (Wildman–Crippen MR) is 119 cm³/mol. The van der Waals surface area contributed by atoms with Gasteiger partial charge in [0.2, 0.25) is 0 Å². The average molecular weight is 431 g/mol. The van der Waals surface area contributed by atoms with Crippen LogP contribution >= 0.6 is 11.3 Å². The zero-order valence-corrected chi connectivity index (χ0v) is 17.1. The number of aromatic hydroxyl groups is 3. The first-order valence-corrected chi connectivity index (χ1v) is 10.2. The van der Waals surface area contributed by atoms with Crippen molar-refractivity contribution in [1.29, 1.82) is 0 Å². The fourth-order valence-corrected chi connectivity index (χ4v) is 4.02. The molecular formula is C22H17N5O3S. The molecule has 2 aromatic carbocycles. The van der Waals surface area contributed by atoms with Gasteiger partial charge in [0.15, 0.2) is 23.1 Å². The summed E-state index contributed by atoms with van der Waals surface area (Å²) in [6, 6.07) is 12.6. The van der Waals surface area contributed by atoms with Gasteiger partial charge < -0.3 is 25.2 Å². The summed E-state index contributed by atoms with van der Waals surface area (Å²) in [4.78, 5) is 14.6. The van der Waals surface area contributed by atoms with Crippen LogP contribution < -0.4 is 5.32 Å². The molecule has 0 fully saturated rings. The molecule has 5 rings (SSSR count). The molecule has 4 N–H and O–H groups in total. The number of thiophene rings is 1. The van der Waals surface area contributed by atoms with Crippen LogP contribution in [-0.4, -0.2) is 34.8 Å². The highest BCUT2D eigenvalue weighted by molar-refractivity contribution is 7.16. The van der Waals surface area contributed by atoms with Gasteiger partial charge in [-0.3, -0.25) is 0 Å².